The summed E-state index contributed by atoms with van der Waals surface area (Å²) in [7, 11) is 0. The molecule has 0 spiro atoms. The summed E-state index contributed by atoms with van der Waals surface area (Å²) in [6.45, 7) is 8.16. The van der Waals surface area contributed by atoms with E-state index in [-0.39, 0.29) is 17.9 Å². The van der Waals surface area contributed by atoms with Gasteiger partial charge in [0, 0.05) is 13.2 Å². The maximum absolute atomic E-state index is 12.8. The number of ether oxygens (including phenoxy) is 1. The molecule has 25 heavy (non-hydrogen) atoms. The molecule has 1 aromatic heterocycles. The molecule has 1 fully saturated rings. The molecule has 2 aromatic rings. The first-order valence-corrected chi connectivity index (χ1v) is 9.07. The van der Waals surface area contributed by atoms with E-state index in [0.717, 1.165) is 30.8 Å². The molecule has 1 aliphatic heterocycles. The average Bonchev–Trinajstić information content (AvgIpc) is 3.21. The lowest BCUT2D eigenvalue weighted by atomic mass is 10.0. The first-order valence-electron chi connectivity index (χ1n) is 9.07. The van der Waals surface area contributed by atoms with Gasteiger partial charge in [0.2, 0.25) is 0 Å². The first kappa shape index (κ1) is 17.7. The minimum Gasteiger partial charge on any atom is -0.376 e. The summed E-state index contributed by atoms with van der Waals surface area (Å²) in [5.41, 5.74) is 3.66. The number of carbonyl (C=O) groups is 1. The molecule has 1 saturated heterocycles. The maximum Gasteiger partial charge on any atom is 0.255 e. The molecule has 5 nitrogen and oxygen atoms in total. The van der Waals surface area contributed by atoms with Gasteiger partial charge in [-0.3, -0.25) is 9.48 Å². The lowest BCUT2D eigenvalue weighted by Gasteiger charge is -2.14. The van der Waals surface area contributed by atoms with E-state index in [1.807, 2.05) is 29.8 Å². The van der Waals surface area contributed by atoms with Crippen molar-refractivity contribution in [2.24, 2.45) is 0 Å². The van der Waals surface area contributed by atoms with Gasteiger partial charge in [-0.25, -0.2) is 0 Å². The van der Waals surface area contributed by atoms with E-state index in [1.165, 1.54) is 5.56 Å². The third-order valence-electron chi connectivity index (χ3n) is 4.63. The van der Waals surface area contributed by atoms with Crippen LogP contribution < -0.4 is 5.32 Å². The summed E-state index contributed by atoms with van der Waals surface area (Å²) >= 11 is 0. The van der Waals surface area contributed by atoms with Crippen molar-refractivity contribution in [3.63, 3.8) is 0 Å². The number of benzene rings is 1. The normalized spacial score (nSPS) is 17.2. The number of aromatic nitrogens is 2. The molecule has 5 heteroatoms. The standard InChI is InChI=1S/C20H27N3O2/c1-14(2)19-18(20(24)21-12-17-10-7-11-25-17)15(3)22-23(19)13-16-8-5-4-6-9-16/h4-6,8-9,14,17H,7,10-13H2,1-3H3,(H,21,24). The molecule has 1 amide bonds. The SMILES string of the molecule is Cc1nn(Cc2ccccc2)c(C(C)C)c1C(=O)NCC1CCCO1. The Morgan fingerprint density at radius 1 is 1.36 bits per heavy atom. The first-order chi connectivity index (χ1) is 12.1. The average molecular weight is 341 g/mol. The minimum atomic E-state index is -0.0454. The molecule has 0 bridgehead atoms. The smallest absolute Gasteiger partial charge is 0.255 e. The Balaban J connectivity index is 1.81. The molecule has 1 N–H and O–H groups in total. The van der Waals surface area contributed by atoms with Crippen molar-refractivity contribution in [1.29, 1.82) is 0 Å². The topological polar surface area (TPSA) is 56.2 Å². The van der Waals surface area contributed by atoms with Gasteiger partial charge in [0.25, 0.3) is 5.91 Å². The predicted octanol–water partition coefficient (Wildman–Crippen LogP) is 3.27. The molecule has 2 heterocycles. The van der Waals surface area contributed by atoms with Crippen molar-refractivity contribution in [2.45, 2.75) is 52.2 Å². The predicted molar refractivity (Wildman–Crippen MR) is 97.9 cm³/mol. The van der Waals surface area contributed by atoms with Crippen molar-refractivity contribution < 1.29 is 9.53 Å². The van der Waals surface area contributed by atoms with E-state index in [4.69, 9.17) is 4.74 Å². The van der Waals surface area contributed by atoms with E-state index < -0.39 is 0 Å². The zero-order chi connectivity index (χ0) is 17.8. The molecule has 0 aliphatic carbocycles. The summed E-state index contributed by atoms with van der Waals surface area (Å²) in [6.07, 6.45) is 2.24. The van der Waals surface area contributed by atoms with Crippen LogP contribution in [0.15, 0.2) is 30.3 Å². The molecule has 0 radical (unpaired) electrons. The highest BCUT2D eigenvalue weighted by molar-refractivity contribution is 5.96. The number of rotatable bonds is 6. The van der Waals surface area contributed by atoms with E-state index in [0.29, 0.717) is 18.7 Å². The highest BCUT2D eigenvalue weighted by atomic mass is 16.5. The van der Waals surface area contributed by atoms with Crippen molar-refractivity contribution in [3.05, 3.63) is 52.8 Å². The van der Waals surface area contributed by atoms with E-state index in [1.54, 1.807) is 0 Å². The zero-order valence-electron chi connectivity index (χ0n) is 15.3. The Morgan fingerprint density at radius 3 is 2.76 bits per heavy atom. The van der Waals surface area contributed by atoms with Crippen LogP contribution in [0.5, 0.6) is 0 Å². The van der Waals surface area contributed by atoms with Gasteiger partial charge in [0.1, 0.15) is 0 Å². The van der Waals surface area contributed by atoms with Crippen LogP contribution in [0.25, 0.3) is 0 Å². The fraction of sp³-hybridized carbons (Fsp3) is 0.500. The van der Waals surface area contributed by atoms with Crippen LogP contribution in [0.1, 0.15) is 59.9 Å². The van der Waals surface area contributed by atoms with Crippen molar-refractivity contribution in [1.82, 2.24) is 15.1 Å². The van der Waals surface area contributed by atoms with Gasteiger partial charge in [0.05, 0.1) is 29.6 Å². The van der Waals surface area contributed by atoms with Gasteiger partial charge in [-0.15, -0.1) is 0 Å². The summed E-state index contributed by atoms with van der Waals surface area (Å²) in [4.78, 5) is 12.8. The van der Waals surface area contributed by atoms with E-state index >= 15 is 0 Å². The molecule has 1 aliphatic rings. The Morgan fingerprint density at radius 2 is 2.12 bits per heavy atom. The summed E-state index contributed by atoms with van der Waals surface area (Å²) in [5.74, 6) is 0.171. The number of aryl methyl sites for hydroxylation is 1. The second-order valence-electron chi connectivity index (χ2n) is 6.99. The quantitative estimate of drug-likeness (QED) is 0.877. The number of nitrogens with one attached hydrogen (secondary N) is 1. The highest BCUT2D eigenvalue weighted by Crippen LogP contribution is 2.24. The van der Waals surface area contributed by atoms with Gasteiger partial charge in [0.15, 0.2) is 0 Å². The van der Waals surface area contributed by atoms with Gasteiger partial charge in [-0.2, -0.15) is 5.10 Å². The molecule has 3 rings (SSSR count). The number of amides is 1. The van der Waals surface area contributed by atoms with Crippen LogP contribution in [-0.4, -0.2) is 34.9 Å². The van der Waals surface area contributed by atoms with Crippen molar-refractivity contribution in [3.8, 4) is 0 Å². The van der Waals surface area contributed by atoms with Crippen LogP contribution >= 0.6 is 0 Å². The maximum atomic E-state index is 12.8. The summed E-state index contributed by atoms with van der Waals surface area (Å²) < 4.78 is 7.56. The largest absolute Gasteiger partial charge is 0.376 e. The fourth-order valence-corrected chi connectivity index (χ4v) is 3.44. The third-order valence-corrected chi connectivity index (χ3v) is 4.63. The van der Waals surface area contributed by atoms with Crippen LogP contribution in [0, 0.1) is 6.92 Å². The van der Waals surface area contributed by atoms with Gasteiger partial charge < -0.3 is 10.1 Å². The van der Waals surface area contributed by atoms with Crippen LogP contribution in [-0.2, 0) is 11.3 Å². The van der Waals surface area contributed by atoms with Gasteiger partial charge >= 0.3 is 0 Å². The number of hydrogen-bond acceptors (Lipinski definition) is 3. The number of nitrogens with zero attached hydrogens (tertiary/aromatic N) is 2. The Kier molecular flexibility index (Phi) is 5.53. The molecular weight excluding hydrogens is 314 g/mol. The molecular formula is C20H27N3O2. The van der Waals surface area contributed by atoms with Crippen molar-refractivity contribution >= 4 is 5.91 Å². The van der Waals surface area contributed by atoms with Crippen LogP contribution in [0.2, 0.25) is 0 Å². The van der Waals surface area contributed by atoms with Crippen LogP contribution in [0.4, 0.5) is 0 Å². The third kappa shape index (κ3) is 4.10. The Labute approximate surface area is 149 Å². The molecule has 0 saturated carbocycles. The molecule has 1 atom stereocenters. The van der Waals surface area contributed by atoms with Gasteiger partial charge in [-0.05, 0) is 31.2 Å². The molecule has 134 valence electrons. The fourth-order valence-electron chi connectivity index (χ4n) is 3.44. The summed E-state index contributed by atoms with van der Waals surface area (Å²) in [5, 5.41) is 7.69. The molecule has 1 unspecified atom stereocenters. The summed E-state index contributed by atoms with van der Waals surface area (Å²) in [6, 6.07) is 10.2. The molecule has 1 aromatic carbocycles. The number of hydrogen-bond donors (Lipinski definition) is 1. The van der Waals surface area contributed by atoms with Gasteiger partial charge in [-0.1, -0.05) is 44.2 Å². The monoisotopic (exact) mass is 341 g/mol. The second-order valence-corrected chi connectivity index (χ2v) is 6.99. The van der Waals surface area contributed by atoms with E-state index in [9.17, 15) is 4.79 Å². The van der Waals surface area contributed by atoms with Crippen LogP contribution in [0.3, 0.4) is 0 Å². The number of carbonyl (C=O) groups excluding carboxylic acids is 1. The Bertz CT molecular complexity index is 716. The Hall–Kier alpha value is -2.14. The lowest BCUT2D eigenvalue weighted by Crippen LogP contribution is -2.32. The second kappa shape index (κ2) is 7.83. The minimum absolute atomic E-state index is 0.0454. The zero-order valence-corrected chi connectivity index (χ0v) is 15.3. The van der Waals surface area contributed by atoms with E-state index in [2.05, 4.69) is 36.4 Å². The lowest BCUT2D eigenvalue weighted by molar-refractivity contribution is 0.0856. The van der Waals surface area contributed by atoms with Crippen molar-refractivity contribution in [2.75, 3.05) is 13.2 Å². The highest BCUT2D eigenvalue weighted by Gasteiger charge is 2.25.